The van der Waals surface area contributed by atoms with Crippen molar-refractivity contribution in [2.45, 2.75) is 75.9 Å². The largest absolute Gasteiger partial charge is 0.322 e. The monoisotopic (exact) mass is 270 g/mol. The predicted molar refractivity (Wildman–Crippen MR) is 77.7 cm³/mol. The third-order valence-corrected chi connectivity index (χ3v) is 5.56. The van der Waals surface area contributed by atoms with Gasteiger partial charge in [-0.3, -0.25) is 10.1 Å². The molecular formula is C14H26N2OS. The Morgan fingerprint density at radius 3 is 2.61 bits per heavy atom. The normalized spacial score (nSPS) is 37.3. The van der Waals surface area contributed by atoms with Crippen LogP contribution in [0.1, 0.15) is 52.4 Å². The lowest BCUT2D eigenvalue weighted by molar-refractivity contribution is -0.132. The molecule has 3 nitrogen and oxygen atoms in total. The first-order valence-electron chi connectivity index (χ1n) is 7.33. The highest BCUT2D eigenvalue weighted by molar-refractivity contribution is 7.99. The minimum Gasteiger partial charge on any atom is -0.322 e. The van der Waals surface area contributed by atoms with E-state index in [9.17, 15) is 4.79 Å². The summed E-state index contributed by atoms with van der Waals surface area (Å²) in [6, 6.07) is 0.509. The second kappa shape index (κ2) is 6.29. The van der Waals surface area contributed by atoms with Gasteiger partial charge in [0.15, 0.2) is 0 Å². The van der Waals surface area contributed by atoms with Crippen LogP contribution in [0.3, 0.4) is 0 Å². The summed E-state index contributed by atoms with van der Waals surface area (Å²) >= 11 is 1.94. The number of rotatable bonds is 4. The van der Waals surface area contributed by atoms with Crippen LogP contribution in [0.4, 0.5) is 0 Å². The highest BCUT2D eigenvalue weighted by atomic mass is 32.2. The molecule has 1 aliphatic carbocycles. The second-order valence-corrected chi connectivity index (χ2v) is 6.50. The van der Waals surface area contributed by atoms with Gasteiger partial charge in [0.25, 0.3) is 0 Å². The zero-order valence-corrected chi connectivity index (χ0v) is 12.6. The van der Waals surface area contributed by atoms with Gasteiger partial charge in [-0.15, -0.1) is 0 Å². The molecule has 0 spiro atoms. The maximum absolute atomic E-state index is 12.5. The molecule has 1 saturated carbocycles. The number of nitrogens with one attached hydrogen (secondary N) is 1. The summed E-state index contributed by atoms with van der Waals surface area (Å²) in [6.07, 6.45) is 9.43. The van der Waals surface area contributed by atoms with Gasteiger partial charge in [-0.1, -0.05) is 26.7 Å². The molecule has 18 heavy (non-hydrogen) atoms. The molecule has 1 heterocycles. The van der Waals surface area contributed by atoms with Crippen molar-refractivity contribution in [1.29, 1.82) is 0 Å². The van der Waals surface area contributed by atoms with Gasteiger partial charge in [-0.25, -0.2) is 0 Å². The lowest BCUT2D eigenvalue weighted by Gasteiger charge is -2.39. The molecule has 1 N–H and O–H groups in total. The topological polar surface area (TPSA) is 32.3 Å². The third kappa shape index (κ3) is 2.55. The van der Waals surface area contributed by atoms with Gasteiger partial charge in [0.05, 0.1) is 12.2 Å². The average molecular weight is 270 g/mol. The Labute approximate surface area is 115 Å². The summed E-state index contributed by atoms with van der Waals surface area (Å²) in [5.41, 5.74) is 0. The summed E-state index contributed by atoms with van der Waals surface area (Å²) in [5, 5.41) is 4.13. The van der Waals surface area contributed by atoms with Crippen LogP contribution in [-0.4, -0.2) is 40.6 Å². The average Bonchev–Trinajstić information content (AvgIpc) is 2.74. The van der Waals surface area contributed by atoms with Crippen molar-refractivity contribution >= 4 is 17.7 Å². The van der Waals surface area contributed by atoms with Gasteiger partial charge in [-0.05, 0) is 31.9 Å². The fourth-order valence-electron chi connectivity index (χ4n) is 3.39. The zero-order chi connectivity index (χ0) is 13.1. The van der Waals surface area contributed by atoms with E-state index in [1.807, 2.05) is 11.8 Å². The molecule has 1 aliphatic heterocycles. The molecule has 4 heteroatoms. The lowest BCUT2D eigenvalue weighted by atomic mass is 9.93. The molecule has 2 aliphatic rings. The van der Waals surface area contributed by atoms with Crippen molar-refractivity contribution in [3.05, 3.63) is 0 Å². The summed E-state index contributed by atoms with van der Waals surface area (Å²) in [5.74, 6) is 0.343. The number of hydrogen-bond acceptors (Lipinski definition) is 3. The molecule has 4 atom stereocenters. The van der Waals surface area contributed by atoms with Gasteiger partial charge in [0, 0.05) is 11.3 Å². The molecule has 1 saturated heterocycles. The molecule has 1 amide bonds. The smallest absolute Gasteiger partial charge is 0.241 e. The minimum absolute atomic E-state index is 0.0550. The molecule has 104 valence electrons. The highest BCUT2D eigenvalue weighted by Crippen LogP contribution is 2.34. The maximum atomic E-state index is 12.5. The van der Waals surface area contributed by atoms with Crippen molar-refractivity contribution in [1.82, 2.24) is 10.2 Å². The van der Waals surface area contributed by atoms with Crippen LogP contribution in [0.25, 0.3) is 0 Å². The zero-order valence-electron chi connectivity index (χ0n) is 11.8. The Bertz CT molecular complexity index is 298. The van der Waals surface area contributed by atoms with Crippen LogP contribution in [0.5, 0.6) is 0 Å². The van der Waals surface area contributed by atoms with Gasteiger partial charge in [0.1, 0.15) is 0 Å². The Hall–Kier alpha value is -0.220. The molecule has 0 radical (unpaired) electrons. The minimum atomic E-state index is 0.0550. The van der Waals surface area contributed by atoms with E-state index >= 15 is 0 Å². The van der Waals surface area contributed by atoms with Gasteiger partial charge in [-0.2, -0.15) is 11.8 Å². The number of thioether (sulfide) groups is 1. The molecule has 0 aromatic carbocycles. The van der Waals surface area contributed by atoms with Crippen molar-refractivity contribution in [2.75, 3.05) is 6.26 Å². The van der Waals surface area contributed by atoms with Gasteiger partial charge >= 0.3 is 0 Å². The van der Waals surface area contributed by atoms with Crippen molar-refractivity contribution < 1.29 is 4.79 Å². The Balaban J connectivity index is 2.15. The van der Waals surface area contributed by atoms with E-state index in [1.54, 1.807) is 0 Å². The summed E-state index contributed by atoms with van der Waals surface area (Å²) in [7, 11) is 0. The molecule has 0 aromatic heterocycles. The van der Waals surface area contributed by atoms with E-state index < -0.39 is 0 Å². The summed E-state index contributed by atoms with van der Waals surface area (Å²) < 4.78 is 0. The van der Waals surface area contributed by atoms with E-state index in [4.69, 9.17) is 0 Å². The highest BCUT2D eigenvalue weighted by Gasteiger charge is 2.43. The number of carbonyl (C=O) groups is 1. The summed E-state index contributed by atoms with van der Waals surface area (Å²) in [6.45, 7) is 4.27. The number of hydrogen-bond donors (Lipinski definition) is 1. The van der Waals surface area contributed by atoms with Crippen molar-refractivity contribution in [3.63, 3.8) is 0 Å². The van der Waals surface area contributed by atoms with E-state index in [0.29, 0.717) is 17.2 Å². The molecule has 4 unspecified atom stereocenters. The first-order chi connectivity index (χ1) is 8.72. The molecule has 0 aromatic rings. The summed E-state index contributed by atoms with van der Waals surface area (Å²) in [4.78, 5) is 14.7. The van der Waals surface area contributed by atoms with Crippen LogP contribution in [0.2, 0.25) is 0 Å². The molecular weight excluding hydrogens is 244 g/mol. The lowest BCUT2D eigenvalue weighted by Crippen LogP contribution is -2.50. The van der Waals surface area contributed by atoms with Crippen LogP contribution in [0, 0.1) is 0 Å². The van der Waals surface area contributed by atoms with Crippen LogP contribution in [0.15, 0.2) is 0 Å². The first kappa shape index (κ1) is 14.2. The molecule has 2 fully saturated rings. The van der Waals surface area contributed by atoms with Gasteiger partial charge in [0.2, 0.25) is 5.91 Å². The fourth-order valence-corrected chi connectivity index (χ4v) is 4.37. The van der Waals surface area contributed by atoms with E-state index in [2.05, 4.69) is 30.3 Å². The number of nitrogens with zero attached hydrogens (tertiary/aromatic N) is 1. The Kier molecular flexibility index (Phi) is 4.96. The number of amides is 1. The van der Waals surface area contributed by atoms with Crippen molar-refractivity contribution in [3.8, 4) is 0 Å². The maximum Gasteiger partial charge on any atom is 0.241 e. The van der Waals surface area contributed by atoms with E-state index in [-0.39, 0.29) is 12.2 Å². The van der Waals surface area contributed by atoms with E-state index in [1.165, 1.54) is 25.7 Å². The van der Waals surface area contributed by atoms with Crippen LogP contribution < -0.4 is 5.32 Å². The first-order valence-corrected chi connectivity index (χ1v) is 8.62. The SMILES string of the molecule is CCC1NC(CC)N(C2CCCCC2SC)C1=O. The van der Waals surface area contributed by atoms with Crippen molar-refractivity contribution in [2.24, 2.45) is 0 Å². The van der Waals surface area contributed by atoms with Gasteiger partial charge < -0.3 is 4.90 Å². The second-order valence-electron chi connectivity index (χ2n) is 5.42. The third-order valence-electron chi connectivity index (χ3n) is 4.40. The quantitative estimate of drug-likeness (QED) is 0.852. The van der Waals surface area contributed by atoms with E-state index in [0.717, 1.165) is 12.8 Å². The van der Waals surface area contributed by atoms with Crippen LogP contribution >= 0.6 is 11.8 Å². The molecule has 0 bridgehead atoms. The molecule has 2 rings (SSSR count). The Morgan fingerprint density at radius 2 is 2.00 bits per heavy atom. The Morgan fingerprint density at radius 1 is 1.28 bits per heavy atom. The standard InChI is InChI=1S/C14H26N2OS/c1-4-10-14(17)16(13(5-2)15-10)11-8-6-7-9-12(11)18-3/h10-13,15H,4-9H2,1-3H3. The van der Waals surface area contributed by atoms with Crippen LogP contribution in [-0.2, 0) is 4.79 Å². The fraction of sp³-hybridized carbons (Fsp3) is 0.929. The predicted octanol–water partition coefficient (Wildman–Crippen LogP) is 2.61. The number of carbonyl (C=O) groups excluding carboxylic acids is 1.